The molecule has 0 amide bonds. The van der Waals surface area contributed by atoms with Crippen molar-refractivity contribution in [3.05, 3.63) is 29.1 Å². The highest BCUT2D eigenvalue weighted by atomic mass is 32.1. The Morgan fingerprint density at radius 2 is 2.26 bits per heavy atom. The van der Waals surface area contributed by atoms with E-state index in [1.165, 1.54) is 22.3 Å². The zero-order valence-electron chi connectivity index (χ0n) is 9.64. The van der Waals surface area contributed by atoms with Crippen molar-refractivity contribution in [1.29, 1.82) is 0 Å². The van der Waals surface area contributed by atoms with Crippen molar-refractivity contribution in [2.24, 2.45) is 0 Å². The summed E-state index contributed by atoms with van der Waals surface area (Å²) >= 11 is 1.28. The number of hydrogen-bond donors (Lipinski definition) is 1. The lowest BCUT2D eigenvalue weighted by atomic mass is 10.2. The van der Waals surface area contributed by atoms with E-state index in [1.807, 2.05) is 0 Å². The number of carboxylic acid groups (broad SMARTS) is 1. The van der Waals surface area contributed by atoms with Crippen LogP contribution >= 0.6 is 11.3 Å². The molecule has 0 unspecified atom stereocenters. The van der Waals surface area contributed by atoms with Crippen LogP contribution in [0.25, 0.3) is 16.6 Å². The molecule has 0 saturated heterocycles. The first-order valence-corrected chi connectivity index (χ1v) is 6.02. The Morgan fingerprint density at radius 1 is 1.42 bits per heavy atom. The summed E-state index contributed by atoms with van der Waals surface area (Å²) in [6.45, 7) is 1.79. The lowest BCUT2D eigenvalue weighted by Gasteiger charge is -1.99. The standard InChI is InChI=1S/C10H7N5O3S/c1-5-11-13-10(19-5)15-8(6-3-2-4-18-6)7(9(16)17)12-14-15/h2-4H,1H3,(H,16,17). The fraction of sp³-hybridized carbons (Fsp3) is 0.100. The highest BCUT2D eigenvalue weighted by molar-refractivity contribution is 7.13. The number of aromatic nitrogens is 5. The summed E-state index contributed by atoms with van der Waals surface area (Å²) in [5.74, 6) is -0.825. The van der Waals surface area contributed by atoms with Crippen LogP contribution in [0.4, 0.5) is 0 Å². The first-order chi connectivity index (χ1) is 9.16. The zero-order chi connectivity index (χ0) is 13.4. The minimum atomic E-state index is -1.18. The van der Waals surface area contributed by atoms with Gasteiger partial charge in [0, 0.05) is 0 Å². The predicted molar refractivity (Wildman–Crippen MR) is 64.2 cm³/mol. The molecule has 19 heavy (non-hydrogen) atoms. The molecular weight excluding hydrogens is 270 g/mol. The smallest absolute Gasteiger partial charge is 0.358 e. The third-order valence-corrected chi connectivity index (χ3v) is 3.14. The van der Waals surface area contributed by atoms with Gasteiger partial charge in [0.1, 0.15) is 10.7 Å². The van der Waals surface area contributed by atoms with E-state index in [9.17, 15) is 4.79 Å². The van der Waals surface area contributed by atoms with E-state index < -0.39 is 5.97 Å². The molecule has 0 atom stereocenters. The molecule has 0 aliphatic rings. The molecule has 0 bridgehead atoms. The SMILES string of the molecule is Cc1nnc(-n2nnc(C(=O)O)c2-c2ccco2)s1. The molecule has 3 rings (SSSR count). The van der Waals surface area contributed by atoms with Gasteiger partial charge in [-0.2, -0.15) is 4.68 Å². The third kappa shape index (κ3) is 1.89. The minimum absolute atomic E-state index is 0.192. The van der Waals surface area contributed by atoms with Gasteiger partial charge in [0.05, 0.1) is 6.26 Å². The summed E-state index contributed by atoms with van der Waals surface area (Å²) in [4.78, 5) is 11.2. The van der Waals surface area contributed by atoms with Crippen molar-refractivity contribution in [2.75, 3.05) is 0 Å². The van der Waals surface area contributed by atoms with Gasteiger partial charge in [0.2, 0.25) is 10.8 Å². The van der Waals surface area contributed by atoms with Crippen LogP contribution in [0.3, 0.4) is 0 Å². The molecule has 0 aliphatic heterocycles. The summed E-state index contributed by atoms with van der Waals surface area (Å²) in [7, 11) is 0. The van der Waals surface area contributed by atoms with Gasteiger partial charge in [-0.1, -0.05) is 16.6 Å². The second-order valence-electron chi connectivity index (χ2n) is 3.58. The first-order valence-electron chi connectivity index (χ1n) is 5.20. The normalized spacial score (nSPS) is 10.8. The van der Waals surface area contributed by atoms with E-state index in [4.69, 9.17) is 9.52 Å². The van der Waals surface area contributed by atoms with E-state index in [0.717, 1.165) is 5.01 Å². The van der Waals surface area contributed by atoms with Crippen molar-refractivity contribution < 1.29 is 14.3 Å². The number of aromatic carboxylic acids is 1. The van der Waals surface area contributed by atoms with Crippen molar-refractivity contribution in [3.63, 3.8) is 0 Å². The first kappa shape index (κ1) is 11.5. The molecule has 0 aliphatic carbocycles. The molecule has 1 N–H and O–H groups in total. The molecular formula is C10H7N5O3S. The van der Waals surface area contributed by atoms with Gasteiger partial charge in [0.25, 0.3) is 0 Å². The van der Waals surface area contributed by atoms with E-state index in [2.05, 4.69) is 20.5 Å². The minimum Gasteiger partial charge on any atom is -0.476 e. The maximum Gasteiger partial charge on any atom is 0.358 e. The number of carbonyl (C=O) groups is 1. The molecule has 8 nitrogen and oxygen atoms in total. The molecule has 9 heteroatoms. The lowest BCUT2D eigenvalue weighted by Crippen LogP contribution is -2.02. The summed E-state index contributed by atoms with van der Waals surface area (Å²) in [6, 6.07) is 3.29. The summed E-state index contributed by atoms with van der Waals surface area (Å²) < 4.78 is 6.54. The van der Waals surface area contributed by atoms with Gasteiger partial charge < -0.3 is 9.52 Å². The van der Waals surface area contributed by atoms with Gasteiger partial charge >= 0.3 is 5.97 Å². The Balaban J connectivity index is 2.23. The van der Waals surface area contributed by atoms with Crippen LogP contribution in [-0.4, -0.2) is 36.3 Å². The fourth-order valence-corrected chi connectivity index (χ4v) is 2.21. The average Bonchev–Trinajstić information content (AvgIpc) is 3.06. The Kier molecular flexibility index (Phi) is 2.60. The summed E-state index contributed by atoms with van der Waals surface area (Å²) in [5.41, 5.74) is 0.0523. The second kappa shape index (κ2) is 4.28. The largest absolute Gasteiger partial charge is 0.476 e. The third-order valence-electron chi connectivity index (χ3n) is 2.32. The van der Waals surface area contributed by atoms with Crippen LogP contribution in [0, 0.1) is 6.92 Å². The maximum absolute atomic E-state index is 11.2. The van der Waals surface area contributed by atoms with E-state index >= 15 is 0 Å². The Bertz CT molecular complexity index is 730. The summed E-state index contributed by atoms with van der Waals surface area (Å²) in [6.07, 6.45) is 1.45. The fourth-order valence-electron chi connectivity index (χ4n) is 1.57. The Labute approximate surface area is 110 Å². The highest BCUT2D eigenvalue weighted by Gasteiger charge is 2.24. The van der Waals surface area contributed by atoms with Crippen molar-refractivity contribution in [2.45, 2.75) is 6.92 Å². The average molecular weight is 277 g/mol. The number of aryl methyl sites for hydroxylation is 1. The summed E-state index contributed by atoms with van der Waals surface area (Å²) in [5, 5.41) is 25.6. The molecule has 3 heterocycles. The van der Waals surface area contributed by atoms with Gasteiger partial charge in [0.15, 0.2) is 5.76 Å². The van der Waals surface area contributed by atoms with Crippen molar-refractivity contribution in [3.8, 4) is 16.6 Å². The quantitative estimate of drug-likeness (QED) is 0.770. The zero-order valence-corrected chi connectivity index (χ0v) is 10.5. The lowest BCUT2D eigenvalue weighted by molar-refractivity contribution is 0.0691. The monoisotopic (exact) mass is 277 g/mol. The van der Waals surface area contributed by atoms with Gasteiger partial charge in [-0.25, -0.2) is 4.79 Å². The van der Waals surface area contributed by atoms with Crippen LogP contribution in [0.2, 0.25) is 0 Å². The number of nitrogens with zero attached hydrogens (tertiary/aromatic N) is 5. The molecule has 3 aromatic heterocycles. The van der Waals surface area contributed by atoms with Crippen LogP contribution in [0.5, 0.6) is 0 Å². The number of rotatable bonds is 3. The van der Waals surface area contributed by atoms with Crippen LogP contribution in [-0.2, 0) is 0 Å². The molecule has 0 radical (unpaired) electrons. The number of furan rings is 1. The molecule has 0 saturated carbocycles. The molecule has 3 aromatic rings. The topological polar surface area (TPSA) is 107 Å². The van der Waals surface area contributed by atoms with E-state index in [-0.39, 0.29) is 11.4 Å². The van der Waals surface area contributed by atoms with E-state index in [1.54, 1.807) is 19.1 Å². The molecule has 0 spiro atoms. The molecule has 96 valence electrons. The predicted octanol–water partition coefficient (Wildman–Crippen LogP) is 1.39. The van der Waals surface area contributed by atoms with Crippen molar-refractivity contribution in [1.82, 2.24) is 25.2 Å². The number of hydrogen-bond acceptors (Lipinski definition) is 7. The molecule has 0 aromatic carbocycles. The highest BCUT2D eigenvalue weighted by Crippen LogP contribution is 2.26. The van der Waals surface area contributed by atoms with Crippen molar-refractivity contribution >= 4 is 17.3 Å². The van der Waals surface area contributed by atoms with Gasteiger partial charge in [-0.05, 0) is 19.1 Å². The maximum atomic E-state index is 11.2. The Morgan fingerprint density at radius 3 is 2.84 bits per heavy atom. The second-order valence-corrected chi connectivity index (χ2v) is 4.74. The van der Waals surface area contributed by atoms with Crippen LogP contribution < -0.4 is 0 Å². The van der Waals surface area contributed by atoms with E-state index in [0.29, 0.717) is 10.9 Å². The Hall–Kier alpha value is -2.55. The molecule has 0 fully saturated rings. The number of carboxylic acids is 1. The van der Waals surface area contributed by atoms with Gasteiger partial charge in [-0.3, -0.25) is 0 Å². The van der Waals surface area contributed by atoms with Crippen LogP contribution in [0.1, 0.15) is 15.5 Å². The van der Waals surface area contributed by atoms with Gasteiger partial charge in [-0.15, -0.1) is 15.3 Å². The van der Waals surface area contributed by atoms with Crippen LogP contribution in [0.15, 0.2) is 22.8 Å².